The van der Waals surface area contributed by atoms with E-state index in [1.165, 1.54) is 82.6 Å². The number of hydrogen-bond acceptors (Lipinski definition) is 2. The SMILES string of the molecule is CCCCCCCC(=O)Oc1ccc(CCC2CCC(CCCCC)CC2)cc1C. The van der Waals surface area contributed by atoms with Gasteiger partial charge in [-0.15, -0.1) is 0 Å². The predicted octanol–water partition coefficient (Wildman–Crippen LogP) is 8.58. The van der Waals surface area contributed by atoms with Gasteiger partial charge in [-0.05, 0) is 55.2 Å². The first-order chi connectivity index (χ1) is 14.6. The van der Waals surface area contributed by atoms with Crippen molar-refractivity contribution in [1.29, 1.82) is 0 Å². The number of hydrogen-bond donors (Lipinski definition) is 0. The molecule has 0 heterocycles. The Morgan fingerprint density at radius 1 is 0.867 bits per heavy atom. The molecule has 30 heavy (non-hydrogen) atoms. The zero-order valence-corrected chi connectivity index (χ0v) is 20.0. The standard InChI is InChI=1S/C28H46O2/c1-4-6-8-9-11-13-28(29)30-27-21-20-26(22-23(27)3)19-18-25-16-14-24(15-17-25)12-10-7-5-2/h20-22,24-25H,4-19H2,1-3H3. The Hall–Kier alpha value is -1.31. The number of benzene rings is 1. The van der Waals surface area contributed by atoms with Crippen LogP contribution in [0.1, 0.15) is 121 Å². The Morgan fingerprint density at radius 2 is 1.50 bits per heavy atom. The molecule has 170 valence electrons. The van der Waals surface area contributed by atoms with Gasteiger partial charge in [0.25, 0.3) is 0 Å². The summed E-state index contributed by atoms with van der Waals surface area (Å²) >= 11 is 0. The third kappa shape index (κ3) is 9.67. The highest BCUT2D eigenvalue weighted by Gasteiger charge is 2.20. The van der Waals surface area contributed by atoms with Crippen molar-refractivity contribution in [3.05, 3.63) is 29.3 Å². The molecule has 0 aliphatic heterocycles. The van der Waals surface area contributed by atoms with Crippen LogP contribution < -0.4 is 4.74 Å². The molecule has 0 saturated heterocycles. The fourth-order valence-corrected chi connectivity index (χ4v) is 4.89. The molecule has 1 aromatic rings. The van der Waals surface area contributed by atoms with Gasteiger partial charge in [0, 0.05) is 6.42 Å². The van der Waals surface area contributed by atoms with Gasteiger partial charge >= 0.3 is 5.97 Å². The summed E-state index contributed by atoms with van der Waals surface area (Å²) in [5.74, 6) is 2.55. The van der Waals surface area contributed by atoms with Crippen LogP contribution in [0.25, 0.3) is 0 Å². The number of carbonyl (C=O) groups excluding carboxylic acids is 1. The van der Waals surface area contributed by atoms with Gasteiger partial charge < -0.3 is 4.74 Å². The molecule has 0 aromatic heterocycles. The van der Waals surface area contributed by atoms with Gasteiger partial charge in [-0.2, -0.15) is 0 Å². The molecule has 1 aliphatic carbocycles. The van der Waals surface area contributed by atoms with E-state index < -0.39 is 0 Å². The lowest BCUT2D eigenvalue weighted by Gasteiger charge is -2.28. The lowest BCUT2D eigenvalue weighted by atomic mass is 9.78. The maximum atomic E-state index is 12.1. The maximum Gasteiger partial charge on any atom is 0.311 e. The van der Waals surface area contributed by atoms with E-state index in [0.29, 0.717) is 6.42 Å². The molecule has 1 fully saturated rings. The summed E-state index contributed by atoms with van der Waals surface area (Å²) < 4.78 is 5.61. The topological polar surface area (TPSA) is 26.3 Å². The first-order valence-corrected chi connectivity index (χ1v) is 12.9. The van der Waals surface area contributed by atoms with E-state index in [1.54, 1.807) is 0 Å². The molecule has 2 rings (SSSR count). The smallest absolute Gasteiger partial charge is 0.311 e. The number of ether oxygens (including phenoxy) is 1. The Kier molecular flexibility index (Phi) is 12.2. The Bertz CT molecular complexity index is 599. The normalized spacial score (nSPS) is 19.0. The van der Waals surface area contributed by atoms with E-state index in [4.69, 9.17) is 4.74 Å². The van der Waals surface area contributed by atoms with Crippen LogP contribution in [0, 0.1) is 18.8 Å². The number of carbonyl (C=O) groups is 1. The number of unbranched alkanes of at least 4 members (excludes halogenated alkanes) is 6. The second kappa shape index (κ2) is 14.7. The highest BCUT2D eigenvalue weighted by atomic mass is 16.5. The van der Waals surface area contributed by atoms with Gasteiger partial charge in [0.1, 0.15) is 5.75 Å². The first-order valence-electron chi connectivity index (χ1n) is 12.9. The zero-order chi connectivity index (χ0) is 21.6. The van der Waals surface area contributed by atoms with Crippen molar-refractivity contribution in [3.8, 4) is 5.75 Å². The van der Waals surface area contributed by atoms with Crippen molar-refractivity contribution < 1.29 is 9.53 Å². The van der Waals surface area contributed by atoms with Gasteiger partial charge in [0.05, 0.1) is 0 Å². The summed E-state index contributed by atoms with van der Waals surface area (Å²) in [5, 5.41) is 0. The zero-order valence-electron chi connectivity index (χ0n) is 20.0. The van der Waals surface area contributed by atoms with Crippen LogP contribution in [-0.2, 0) is 11.2 Å². The molecule has 0 radical (unpaired) electrons. The summed E-state index contributed by atoms with van der Waals surface area (Å²) in [5.41, 5.74) is 2.48. The summed E-state index contributed by atoms with van der Waals surface area (Å²) in [7, 11) is 0. The quantitative estimate of drug-likeness (QED) is 0.173. The van der Waals surface area contributed by atoms with Crippen molar-refractivity contribution >= 4 is 5.97 Å². The van der Waals surface area contributed by atoms with Crippen LogP contribution in [-0.4, -0.2) is 5.97 Å². The molecule has 0 N–H and O–H groups in total. The molecule has 0 unspecified atom stereocenters. The molecule has 0 bridgehead atoms. The van der Waals surface area contributed by atoms with E-state index in [1.807, 2.05) is 6.07 Å². The molecule has 1 aliphatic rings. The van der Waals surface area contributed by atoms with Crippen molar-refractivity contribution in [2.75, 3.05) is 0 Å². The monoisotopic (exact) mass is 414 g/mol. The van der Waals surface area contributed by atoms with Crippen molar-refractivity contribution in [2.24, 2.45) is 11.8 Å². The van der Waals surface area contributed by atoms with E-state index in [9.17, 15) is 4.79 Å². The Labute approximate surface area is 186 Å². The minimum absolute atomic E-state index is 0.0851. The van der Waals surface area contributed by atoms with Crippen LogP contribution in [0.2, 0.25) is 0 Å². The molecule has 1 aromatic carbocycles. The van der Waals surface area contributed by atoms with E-state index >= 15 is 0 Å². The third-order valence-electron chi connectivity index (χ3n) is 6.97. The summed E-state index contributed by atoms with van der Waals surface area (Å²) in [6.45, 7) is 6.57. The Morgan fingerprint density at radius 3 is 2.17 bits per heavy atom. The Balaban J connectivity index is 1.67. The average Bonchev–Trinajstić information content (AvgIpc) is 2.75. The number of aryl methyl sites for hydroxylation is 2. The molecular weight excluding hydrogens is 368 g/mol. The van der Waals surface area contributed by atoms with Crippen molar-refractivity contribution in [2.45, 2.75) is 124 Å². The first kappa shape index (κ1) is 25.0. The molecule has 2 heteroatoms. The molecule has 0 amide bonds. The summed E-state index contributed by atoms with van der Waals surface area (Å²) in [6, 6.07) is 6.39. The van der Waals surface area contributed by atoms with Gasteiger partial charge in [-0.1, -0.05) is 103 Å². The van der Waals surface area contributed by atoms with E-state index in [0.717, 1.165) is 42.4 Å². The fourth-order valence-electron chi connectivity index (χ4n) is 4.89. The van der Waals surface area contributed by atoms with E-state index in [2.05, 4.69) is 32.9 Å². The van der Waals surface area contributed by atoms with Crippen LogP contribution >= 0.6 is 0 Å². The summed E-state index contributed by atoms with van der Waals surface area (Å²) in [4.78, 5) is 12.1. The molecule has 1 saturated carbocycles. The fraction of sp³-hybridized carbons (Fsp3) is 0.750. The molecule has 2 nitrogen and oxygen atoms in total. The molecular formula is C28H46O2. The van der Waals surface area contributed by atoms with Gasteiger partial charge in [0.15, 0.2) is 0 Å². The van der Waals surface area contributed by atoms with Gasteiger partial charge in [0.2, 0.25) is 0 Å². The average molecular weight is 415 g/mol. The minimum atomic E-state index is -0.0851. The highest BCUT2D eigenvalue weighted by molar-refractivity contribution is 5.72. The number of esters is 1. The number of rotatable bonds is 14. The second-order valence-corrected chi connectivity index (χ2v) is 9.66. The minimum Gasteiger partial charge on any atom is -0.426 e. The van der Waals surface area contributed by atoms with Crippen LogP contribution in [0.5, 0.6) is 5.75 Å². The van der Waals surface area contributed by atoms with Gasteiger partial charge in [-0.3, -0.25) is 4.79 Å². The molecule has 0 spiro atoms. The van der Waals surface area contributed by atoms with Crippen LogP contribution in [0.4, 0.5) is 0 Å². The van der Waals surface area contributed by atoms with E-state index in [-0.39, 0.29) is 5.97 Å². The maximum absolute atomic E-state index is 12.1. The van der Waals surface area contributed by atoms with Gasteiger partial charge in [-0.25, -0.2) is 0 Å². The lowest BCUT2D eigenvalue weighted by Crippen LogP contribution is -2.15. The second-order valence-electron chi connectivity index (χ2n) is 9.66. The predicted molar refractivity (Wildman–Crippen MR) is 128 cm³/mol. The lowest BCUT2D eigenvalue weighted by molar-refractivity contribution is -0.134. The van der Waals surface area contributed by atoms with Crippen LogP contribution in [0.3, 0.4) is 0 Å². The third-order valence-corrected chi connectivity index (χ3v) is 6.97. The summed E-state index contributed by atoms with van der Waals surface area (Å²) in [6.07, 6.45) is 20.1. The van der Waals surface area contributed by atoms with Crippen molar-refractivity contribution in [3.63, 3.8) is 0 Å². The largest absolute Gasteiger partial charge is 0.426 e. The highest BCUT2D eigenvalue weighted by Crippen LogP contribution is 2.34. The molecule has 0 atom stereocenters. The van der Waals surface area contributed by atoms with Crippen molar-refractivity contribution in [1.82, 2.24) is 0 Å². The van der Waals surface area contributed by atoms with Crippen LogP contribution in [0.15, 0.2) is 18.2 Å².